The Bertz CT molecular complexity index is 989. The smallest absolute Gasteiger partial charge is 0.233 e. The number of hydrogen-bond donors (Lipinski definition) is 1. The minimum absolute atomic E-state index is 0.151. The van der Waals surface area contributed by atoms with Crippen molar-refractivity contribution in [2.45, 2.75) is 31.4 Å². The number of aromatic hydroxyl groups is 1. The van der Waals surface area contributed by atoms with Crippen molar-refractivity contribution in [1.29, 1.82) is 0 Å². The van der Waals surface area contributed by atoms with Crippen LogP contribution in [0.1, 0.15) is 19.8 Å². The molecule has 0 amide bonds. The van der Waals surface area contributed by atoms with Gasteiger partial charge in [-0.2, -0.15) is 0 Å². The van der Waals surface area contributed by atoms with E-state index in [-0.39, 0.29) is 17.4 Å². The van der Waals surface area contributed by atoms with E-state index in [0.29, 0.717) is 23.1 Å². The first-order valence-electron chi connectivity index (χ1n) is 9.55. The number of piperidine rings is 1. The quantitative estimate of drug-likeness (QED) is 0.753. The van der Waals surface area contributed by atoms with Crippen molar-refractivity contribution < 1.29 is 9.84 Å². The number of likely N-dealkylation sites (tertiary alicyclic amines) is 1. The van der Waals surface area contributed by atoms with Crippen molar-refractivity contribution >= 4 is 0 Å². The van der Waals surface area contributed by atoms with Crippen LogP contribution >= 0.6 is 0 Å². The van der Waals surface area contributed by atoms with E-state index in [1.54, 1.807) is 18.6 Å². The van der Waals surface area contributed by atoms with E-state index in [1.165, 1.54) is 6.42 Å². The summed E-state index contributed by atoms with van der Waals surface area (Å²) in [6.07, 6.45) is 7.61. The van der Waals surface area contributed by atoms with Gasteiger partial charge in [0.15, 0.2) is 0 Å². The van der Waals surface area contributed by atoms with Crippen LogP contribution in [-0.2, 0) is 0 Å². The van der Waals surface area contributed by atoms with E-state index in [1.807, 2.05) is 35.0 Å². The number of nitrogens with zero attached hydrogens (tertiary/aromatic N) is 5. The number of ether oxygens (including phenoxy) is 1. The third kappa shape index (κ3) is 2.82. The lowest BCUT2D eigenvalue weighted by atomic mass is 10.00. The Kier molecular flexibility index (Phi) is 3.87. The van der Waals surface area contributed by atoms with E-state index in [2.05, 4.69) is 34.1 Å². The SMILES string of the molecule is CN1CC2C[C@]1(C)C[C@@H]2Oc1ccc(-c2ccc(-n3ccnc3)cc2O)nn1. The predicted octanol–water partition coefficient (Wildman–Crippen LogP) is 2.90. The fraction of sp³-hybridized carbons (Fsp3) is 0.381. The summed E-state index contributed by atoms with van der Waals surface area (Å²) in [5.74, 6) is 1.25. The highest BCUT2D eigenvalue weighted by Crippen LogP contribution is 2.46. The molecule has 28 heavy (non-hydrogen) atoms. The van der Waals surface area contributed by atoms with Gasteiger partial charge in [-0.3, -0.25) is 0 Å². The Morgan fingerprint density at radius 1 is 1.18 bits per heavy atom. The first kappa shape index (κ1) is 17.2. The van der Waals surface area contributed by atoms with Gasteiger partial charge in [-0.1, -0.05) is 0 Å². The lowest BCUT2D eigenvalue weighted by molar-refractivity contribution is 0.0690. The molecule has 5 rings (SSSR count). The summed E-state index contributed by atoms with van der Waals surface area (Å²) in [6.45, 7) is 3.38. The molecular formula is C21H23N5O2. The summed E-state index contributed by atoms with van der Waals surface area (Å²) in [6, 6.07) is 9.12. The molecule has 2 bridgehead atoms. The Labute approximate surface area is 163 Å². The van der Waals surface area contributed by atoms with Crippen molar-refractivity contribution in [2.75, 3.05) is 13.6 Å². The van der Waals surface area contributed by atoms with Gasteiger partial charge < -0.3 is 19.3 Å². The second-order valence-electron chi connectivity index (χ2n) is 8.13. The number of benzene rings is 1. The minimum Gasteiger partial charge on any atom is -0.507 e. The largest absolute Gasteiger partial charge is 0.507 e. The van der Waals surface area contributed by atoms with Crippen LogP contribution in [-0.4, -0.2) is 55.0 Å². The number of phenolic OH excluding ortho intramolecular Hbond substituents is 1. The minimum atomic E-state index is 0.151. The van der Waals surface area contributed by atoms with E-state index in [4.69, 9.17) is 4.74 Å². The standard InChI is InChI=1S/C21H23N5O2/c1-21-10-14(12-25(21)2)19(11-21)28-20-6-5-17(23-24-20)16-4-3-15(9-18(16)27)26-8-7-22-13-26/h3-9,13-14,19,27H,10-12H2,1-2H3/t14?,19-,21+/m0/s1. The predicted molar refractivity (Wildman–Crippen MR) is 104 cm³/mol. The highest BCUT2D eigenvalue weighted by Gasteiger charge is 2.52. The van der Waals surface area contributed by atoms with Crippen LogP contribution in [0.4, 0.5) is 0 Å². The maximum atomic E-state index is 10.4. The Balaban J connectivity index is 1.32. The van der Waals surface area contributed by atoms with Gasteiger partial charge in [0.25, 0.3) is 0 Å². The number of fused-ring (bicyclic) bond motifs is 2. The lowest BCUT2D eigenvalue weighted by Crippen LogP contribution is -2.44. The molecule has 7 nitrogen and oxygen atoms in total. The third-order valence-electron chi connectivity index (χ3n) is 6.27. The maximum absolute atomic E-state index is 10.4. The van der Waals surface area contributed by atoms with Crippen molar-refractivity contribution in [3.63, 3.8) is 0 Å². The van der Waals surface area contributed by atoms with Crippen molar-refractivity contribution in [3.05, 3.63) is 49.1 Å². The molecule has 7 heteroatoms. The first-order chi connectivity index (χ1) is 13.5. The van der Waals surface area contributed by atoms with Crippen LogP contribution in [0.25, 0.3) is 16.9 Å². The monoisotopic (exact) mass is 377 g/mol. The van der Waals surface area contributed by atoms with E-state index in [9.17, 15) is 5.11 Å². The molecule has 3 heterocycles. The van der Waals surface area contributed by atoms with Crippen LogP contribution in [0.5, 0.6) is 11.6 Å². The van der Waals surface area contributed by atoms with Crippen LogP contribution < -0.4 is 4.74 Å². The number of phenols is 1. The second kappa shape index (κ2) is 6.31. The average molecular weight is 377 g/mol. The summed E-state index contributed by atoms with van der Waals surface area (Å²) in [7, 11) is 2.19. The fourth-order valence-corrected chi connectivity index (χ4v) is 4.57. The topological polar surface area (TPSA) is 76.3 Å². The summed E-state index contributed by atoms with van der Waals surface area (Å²) >= 11 is 0. The molecule has 3 aromatic rings. The summed E-state index contributed by atoms with van der Waals surface area (Å²) in [5.41, 5.74) is 2.32. The molecule has 1 aromatic carbocycles. The molecule has 1 N–H and O–H groups in total. The fourth-order valence-electron chi connectivity index (χ4n) is 4.57. The summed E-state index contributed by atoms with van der Waals surface area (Å²) in [4.78, 5) is 6.46. The Morgan fingerprint density at radius 2 is 2.07 bits per heavy atom. The zero-order chi connectivity index (χ0) is 19.3. The zero-order valence-electron chi connectivity index (χ0n) is 16.0. The van der Waals surface area contributed by atoms with Gasteiger partial charge in [-0.15, -0.1) is 10.2 Å². The molecule has 3 atom stereocenters. The zero-order valence-corrected chi connectivity index (χ0v) is 16.0. The normalized spacial score (nSPS) is 26.6. The second-order valence-corrected chi connectivity index (χ2v) is 8.13. The van der Waals surface area contributed by atoms with E-state index >= 15 is 0 Å². The van der Waals surface area contributed by atoms with Gasteiger partial charge in [-0.25, -0.2) is 4.98 Å². The molecule has 144 valence electrons. The van der Waals surface area contributed by atoms with Gasteiger partial charge in [-0.05, 0) is 38.6 Å². The van der Waals surface area contributed by atoms with Crippen LogP contribution in [0.3, 0.4) is 0 Å². The van der Waals surface area contributed by atoms with Gasteiger partial charge in [0.05, 0.1) is 17.7 Å². The molecular weight excluding hydrogens is 354 g/mol. The molecule has 1 saturated carbocycles. The van der Waals surface area contributed by atoms with E-state index in [0.717, 1.165) is 18.7 Å². The number of aromatic nitrogens is 4. The molecule has 0 radical (unpaired) electrons. The maximum Gasteiger partial charge on any atom is 0.233 e. The molecule has 2 fully saturated rings. The van der Waals surface area contributed by atoms with Gasteiger partial charge in [0.1, 0.15) is 11.9 Å². The molecule has 1 aliphatic heterocycles. The highest BCUT2D eigenvalue weighted by molar-refractivity contribution is 5.68. The molecule has 2 aliphatic rings. The number of hydrogen-bond acceptors (Lipinski definition) is 6. The van der Waals surface area contributed by atoms with Crippen molar-refractivity contribution in [2.24, 2.45) is 5.92 Å². The van der Waals surface area contributed by atoms with Crippen molar-refractivity contribution in [3.8, 4) is 28.6 Å². The van der Waals surface area contributed by atoms with Crippen LogP contribution in [0.2, 0.25) is 0 Å². The molecule has 1 unspecified atom stereocenters. The Hall–Kier alpha value is -2.93. The highest BCUT2D eigenvalue weighted by atomic mass is 16.5. The molecule has 0 spiro atoms. The summed E-state index contributed by atoms with van der Waals surface area (Å²) < 4.78 is 7.97. The molecule has 2 aromatic heterocycles. The van der Waals surface area contributed by atoms with Crippen molar-refractivity contribution in [1.82, 2.24) is 24.6 Å². The average Bonchev–Trinajstić information content (AvgIpc) is 3.38. The van der Waals surface area contributed by atoms with Gasteiger partial charge in [0.2, 0.25) is 5.88 Å². The van der Waals surface area contributed by atoms with Gasteiger partial charge in [0, 0.05) is 54.5 Å². The third-order valence-corrected chi connectivity index (χ3v) is 6.27. The Morgan fingerprint density at radius 3 is 2.68 bits per heavy atom. The number of imidazole rings is 1. The lowest BCUT2D eigenvalue weighted by Gasteiger charge is -2.35. The summed E-state index contributed by atoms with van der Waals surface area (Å²) in [5, 5.41) is 18.9. The molecule has 1 saturated heterocycles. The number of rotatable bonds is 4. The van der Waals surface area contributed by atoms with Crippen LogP contribution in [0.15, 0.2) is 49.1 Å². The first-order valence-corrected chi connectivity index (χ1v) is 9.55. The van der Waals surface area contributed by atoms with Crippen LogP contribution in [0, 0.1) is 5.92 Å². The van der Waals surface area contributed by atoms with Gasteiger partial charge >= 0.3 is 0 Å². The molecule has 1 aliphatic carbocycles. The van der Waals surface area contributed by atoms with E-state index < -0.39 is 0 Å².